The van der Waals surface area contributed by atoms with E-state index in [4.69, 9.17) is 5.73 Å². The molecule has 0 aliphatic carbocycles. The second-order valence-electron chi connectivity index (χ2n) is 4.29. The Kier molecular flexibility index (Phi) is 5.86. The monoisotopic (exact) mass is 294 g/mol. The maximum atomic E-state index is 11.8. The van der Waals surface area contributed by atoms with Crippen LogP contribution >= 0.6 is 0 Å². The third-order valence-electron chi connectivity index (χ3n) is 2.82. The van der Waals surface area contributed by atoms with Crippen LogP contribution < -0.4 is 11.1 Å². The van der Waals surface area contributed by atoms with E-state index in [0.29, 0.717) is 6.42 Å². The third kappa shape index (κ3) is 4.28. The molecule has 0 aliphatic heterocycles. The number of anilines is 1. The van der Waals surface area contributed by atoms with Crippen molar-refractivity contribution in [3.8, 4) is 0 Å². The number of benzene rings is 1. The molecule has 21 heavy (non-hydrogen) atoms. The third-order valence-corrected chi connectivity index (χ3v) is 2.82. The predicted octanol–water partition coefficient (Wildman–Crippen LogP) is 0.936. The van der Waals surface area contributed by atoms with Gasteiger partial charge >= 0.3 is 11.9 Å². The highest BCUT2D eigenvalue weighted by molar-refractivity contribution is 6.00. The smallest absolute Gasteiger partial charge is 0.337 e. The van der Waals surface area contributed by atoms with Gasteiger partial charge in [-0.15, -0.1) is 0 Å². The van der Waals surface area contributed by atoms with E-state index in [9.17, 15) is 14.4 Å². The van der Waals surface area contributed by atoms with E-state index < -0.39 is 23.9 Å². The Morgan fingerprint density at radius 1 is 1.10 bits per heavy atom. The fourth-order valence-electron chi connectivity index (χ4n) is 1.59. The first-order valence-corrected chi connectivity index (χ1v) is 6.31. The number of methoxy groups -OCH3 is 2. The molecule has 114 valence electrons. The van der Waals surface area contributed by atoms with E-state index in [1.54, 1.807) is 6.92 Å². The quantitative estimate of drug-likeness (QED) is 0.782. The summed E-state index contributed by atoms with van der Waals surface area (Å²) in [6.45, 7) is 1.77. The number of esters is 2. The fraction of sp³-hybridized carbons (Fsp3) is 0.357. The van der Waals surface area contributed by atoms with Gasteiger partial charge in [-0.2, -0.15) is 0 Å². The van der Waals surface area contributed by atoms with Gasteiger partial charge in [0.1, 0.15) is 0 Å². The van der Waals surface area contributed by atoms with Crippen LogP contribution in [0.3, 0.4) is 0 Å². The molecule has 1 amide bonds. The van der Waals surface area contributed by atoms with Crippen LogP contribution in [0.5, 0.6) is 0 Å². The largest absolute Gasteiger partial charge is 0.465 e. The van der Waals surface area contributed by atoms with Crippen molar-refractivity contribution in [1.82, 2.24) is 0 Å². The molecule has 0 unspecified atom stereocenters. The first-order chi connectivity index (χ1) is 9.92. The van der Waals surface area contributed by atoms with Crippen molar-refractivity contribution in [1.29, 1.82) is 0 Å². The molecule has 0 radical (unpaired) electrons. The van der Waals surface area contributed by atoms with Crippen molar-refractivity contribution in [2.24, 2.45) is 5.73 Å². The molecule has 0 aliphatic rings. The van der Waals surface area contributed by atoms with Gasteiger partial charge in [0.15, 0.2) is 0 Å². The minimum Gasteiger partial charge on any atom is -0.465 e. The van der Waals surface area contributed by atoms with Crippen LogP contribution in [0.25, 0.3) is 0 Å². The molecule has 1 rings (SSSR count). The molecule has 0 saturated carbocycles. The molecule has 0 heterocycles. The topological polar surface area (TPSA) is 108 Å². The summed E-state index contributed by atoms with van der Waals surface area (Å²) in [6, 6.07) is 3.46. The van der Waals surface area contributed by atoms with Crippen molar-refractivity contribution in [2.75, 3.05) is 19.5 Å². The highest BCUT2D eigenvalue weighted by atomic mass is 16.5. The highest BCUT2D eigenvalue weighted by Gasteiger charge is 2.16. The van der Waals surface area contributed by atoms with Crippen molar-refractivity contribution < 1.29 is 23.9 Å². The molecule has 1 aromatic rings. The summed E-state index contributed by atoms with van der Waals surface area (Å²) in [4.78, 5) is 35.0. The van der Waals surface area contributed by atoms with Crippen molar-refractivity contribution in [3.05, 3.63) is 29.3 Å². The van der Waals surface area contributed by atoms with Crippen molar-refractivity contribution in [2.45, 2.75) is 19.4 Å². The Bertz CT molecular complexity index is 522. The van der Waals surface area contributed by atoms with Crippen LogP contribution in [0.2, 0.25) is 0 Å². The molecule has 7 heteroatoms. The van der Waals surface area contributed by atoms with Crippen LogP contribution in [-0.2, 0) is 14.3 Å². The standard InChI is InChI=1S/C14H18N2O5/c1-4-11(15)12(17)16-10-6-8(13(18)20-2)5-9(7-10)14(19)21-3/h5-7,11H,4,15H2,1-3H3,(H,16,17)/t11-/m1/s1. The highest BCUT2D eigenvalue weighted by Crippen LogP contribution is 2.17. The molecule has 0 bridgehead atoms. The lowest BCUT2D eigenvalue weighted by atomic mass is 10.1. The molecular formula is C14H18N2O5. The average molecular weight is 294 g/mol. The molecule has 1 atom stereocenters. The molecule has 3 N–H and O–H groups in total. The van der Waals surface area contributed by atoms with Crippen molar-refractivity contribution >= 4 is 23.5 Å². The average Bonchev–Trinajstić information content (AvgIpc) is 2.51. The lowest BCUT2D eigenvalue weighted by molar-refractivity contribution is -0.117. The van der Waals surface area contributed by atoms with Gasteiger partial charge in [0.2, 0.25) is 5.91 Å². The van der Waals surface area contributed by atoms with E-state index in [1.165, 1.54) is 32.4 Å². The van der Waals surface area contributed by atoms with Crippen LogP contribution in [0.1, 0.15) is 34.1 Å². The summed E-state index contributed by atoms with van der Waals surface area (Å²) in [5, 5.41) is 2.55. The van der Waals surface area contributed by atoms with Crippen LogP contribution in [-0.4, -0.2) is 38.1 Å². The Morgan fingerprint density at radius 2 is 1.57 bits per heavy atom. The maximum absolute atomic E-state index is 11.8. The summed E-state index contributed by atoms with van der Waals surface area (Å²) >= 11 is 0. The Balaban J connectivity index is 3.15. The van der Waals surface area contributed by atoms with Crippen LogP contribution in [0, 0.1) is 0 Å². The summed E-state index contributed by atoms with van der Waals surface area (Å²) < 4.78 is 9.21. The Labute approximate surface area is 122 Å². The van der Waals surface area contributed by atoms with Crippen molar-refractivity contribution in [3.63, 3.8) is 0 Å². The molecular weight excluding hydrogens is 276 g/mol. The number of carbonyl (C=O) groups is 3. The number of rotatable bonds is 5. The van der Waals surface area contributed by atoms with Crippen LogP contribution in [0.4, 0.5) is 5.69 Å². The van der Waals surface area contributed by atoms with Crippen LogP contribution in [0.15, 0.2) is 18.2 Å². The number of hydrogen-bond acceptors (Lipinski definition) is 6. The maximum Gasteiger partial charge on any atom is 0.337 e. The molecule has 0 aromatic heterocycles. The number of ether oxygens (including phenoxy) is 2. The second kappa shape index (κ2) is 7.39. The zero-order valence-electron chi connectivity index (χ0n) is 12.1. The number of amides is 1. The van der Waals surface area contributed by atoms with Gasteiger partial charge in [0.05, 0.1) is 31.4 Å². The van der Waals surface area contributed by atoms with E-state index >= 15 is 0 Å². The van der Waals surface area contributed by atoms with Gasteiger partial charge in [-0.3, -0.25) is 4.79 Å². The lowest BCUT2D eigenvalue weighted by Gasteiger charge is -2.12. The van der Waals surface area contributed by atoms with Gasteiger partial charge in [-0.05, 0) is 24.6 Å². The molecule has 0 fully saturated rings. The van der Waals surface area contributed by atoms with Gasteiger partial charge in [0, 0.05) is 5.69 Å². The molecule has 0 spiro atoms. The van der Waals surface area contributed by atoms with E-state index in [0.717, 1.165) is 0 Å². The predicted molar refractivity (Wildman–Crippen MR) is 76.0 cm³/mol. The number of nitrogens with two attached hydrogens (primary N) is 1. The number of nitrogens with one attached hydrogen (secondary N) is 1. The fourth-order valence-corrected chi connectivity index (χ4v) is 1.59. The van der Waals surface area contributed by atoms with E-state index in [1.807, 2.05) is 0 Å². The SMILES string of the molecule is CC[C@@H](N)C(=O)Nc1cc(C(=O)OC)cc(C(=O)OC)c1. The first kappa shape index (κ1) is 16.6. The molecule has 7 nitrogen and oxygen atoms in total. The Morgan fingerprint density at radius 3 is 1.95 bits per heavy atom. The minimum absolute atomic E-state index is 0.126. The number of hydrogen-bond donors (Lipinski definition) is 2. The lowest BCUT2D eigenvalue weighted by Crippen LogP contribution is -2.34. The summed E-state index contributed by atoms with van der Waals surface area (Å²) in [5.41, 5.74) is 6.14. The normalized spacial score (nSPS) is 11.4. The molecule has 0 saturated heterocycles. The zero-order chi connectivity index (χ0) is 16.0. The first-order valence-electron chi connectivity index (χ1n) is 6.31. The molecule has 1 aromatic carbocycles. The Hall–Kier alpha value is -2.41. The van der Waals surface area contributed by atoms with E-state index in [2.05, 4.69) is 14.8 Å². The van der Waals surface area contributed by atoms with Gasteiger partial charge < -0.3 is 20.5 Å². The zero-order valence-corrected chi connectivity index (χ0v) is 12.1. The van der Waals surface area contributed by atoms with Gasteiger partial charge in [-0.25, -0.2) is 9.59 Å². The summed E-state index contributed by atoms with van der Waals surface area (Å²) in [6.07, 6.45) is 0.465. The van der Waals surface area contributed by atoms with Gasteiger partial charge in [-0.1, -0.05) is 6.92 Å². The summed E-state index contributed by atoms with van der Waals surface area (Å²) in [7, 11) is 2.44. The minimum atomic E-state index is -0.673. The summed E-state index contributed by atoms with van der Waals surface area (Å²) in [5.74, 6) is -1.66. The number of carbonyl (C=O) groups excluding carboxylic acids is 3. The second-order valence-corrected chi connectivity index (χ2v) is 4.29. The van der Waals surface area contributed by atoms with E-state index in [-0.39, 0.29) is 16.8 Å². The van der Waals surface area contributed by atoms with Gasteiger partial charge in [0.25, 0.3) is 0 Å².